The van der Waals surface area contributed by atoms with Gasteiger partial charge in [0.15, 0.2) is 0 Å². The highest BCUT2D eigenvalue weighted by Crippen LogP contribution is 2.16. The molecule has 0 aliphatic carbocycles. The number of hydrogen-bond acceptors (Lipinski definition) is 4. The Kier molecular flexibility index (Phi) is 8.11. The fourth-order valence-electron chi connectivity index (χ4n) is 2.68. The third kappa shape index (κ3) is 5.77. The molecule has 1 aliphatic heterocycles. The molecule has 2 atom stereocenters. The minimum absolute atomic E-state index is 0.0758. The fourth-order valence-corrected chi connectivity index (χ4v) is 2.68. The van der Waals surface area contributed by atoms with Crippen LogP contribution in [-0.4, -0.2) is 60.4 Å². The summed E-state index contributed by atoms with van der Waals surface area (Å²) in [6, 6.07) is 0.175. The molecule has 20 heavy (non-hydrogen) atoms. The van der Waals surface area contributed by atoms with E-state index in [-0.39, 0.29) is 30.7 Å². The number of rotatable bonds is 8. The molecule has 1 saturated heterocycles. The number of piperidine rings is 1. The number of carbonyl (C=O) groups excluding carboxylic acids is 1. The van der Waals surface area contributed by atoms with Gasteiger partial charge in [-0.15, -0.1) is 0 Å². The van der Waals surface area contributed by atoms with Crippen molar-refractivity contribution in [2.45, 2.75) is 64.6 Å². The highest BCUT2D eigenvalue weighted by Gasteiger charge is 2.27. The van der Waals surface area contributed by atoms with Crippen molar-refractivity contribution in [1.29, 1.82) is 0 Å². The third-order valence-corrected chi connectivity index (χ3v) is 3.96. The Bertz CT molecular complexity index is 278. The van der Waals surface area contributed by atoms with E-state index in [4.69, 9.17) is 9.84 Å². The second kappa shape index (κ2) is 9.32. The Labute approximate surface area is 122 Å². The lowest BCUT2D eigenvalue weighted by Gasteiger charge is -2.35. The van der Waals surface area contributed by atoms with E-state index in [1.807, 2.05) is 6.92 Å². The van der Waals surface area contributed by atoms with E-state index in [9.17, 15) is 4.79 Å². The predicted molar refractivity (Wildman–Crippen MR) is 79.6 cm³/mol. The number of nitrogens with one attached hydrogen (secondary N) is 1. The minimum atomic E-state index is -0.0758. The van der Waals surface area contributed by atoms with Gasteiger partial charge in [0.2, 0.25) is 5.91 Å². The average Bonchev–Trinajstić information content (AvgIpc) is 2.45. The summed E-state index contributed by atoms with van der Waals surface area (Å²) in [5, 5.41) is 11.8. The normalized spacial score (nSPS) is 20.6. The van der Waals surface area contributed by atoms with Crippen molar-refractivity contribution < 1.29 is 14.6 Å². The monoisotopic (exact) mass is 286 g/mol. The van der Waals surface area contributed by atoms with Crippen LogP contribution in [0.15, 0.2) is 0 Å². The van der Waals surface area contributed by atoms with Gasteiger partial charge >= 0.3 is 0 Å². The van der Waals surface area contributed by atoms with Gasteiger partial charge in [0.05, 0.1) is 25.4 Å². The van der Waals surface area contributed by atoms with Crippen LogP contribution >= 0.6 is 0 Å². The molecule has 5 nitrogen and oxygen atoms in total. The summed E-state index contributed by atoms with van der Waals surface area (Å²) in [7, 11) is 0. The molecule has 2 N–H and O–H groups in total. The smallest absolute Gasteiger partial charge is 0.237 e. The average molecular weight is 286 g/mol. The zero-order valence-corrected chi connectivity index (χ0v) is 13.1. The molecular weight excluding hydrogens is 256 g/mol. The van der Waals surface area contributed by atoms with Crippen LogP contribution in [0.3, 0.4) is 0 Å². The van der Waals surface area contributed by atoms with Crippen molar-refractivity contribution in [3.8, 4) is 0 Å². The molecule has 2 unspecified atom stereocenters. The van der Waals surface area contributed by atoms with E-state index in [2.05, 4.69) is 24.1 Å². The molecule has 0 radical (unpaired) electrons. The number of amides is 1. The van der Waals surface area contributed by atoms with Crippen molar-refractivity contribution in [1.82, 2.24) is 10.2 Å². The molecule has 1 aliphatic rings. The van der Waals surface area contributed by atoms with Gasteiger partial charge in [0.1, 0.15) is 0 Å². The lowest BCUT2D eigenvalue weighted by atomic mass is 10.1. The van der Waals surface area contributed by atoms with E-state index in [0.29, 0.717) is 6.61 Å². The van der Waals surface area contributed by atoms with Crippen molar-refractivity contribution in [2.24, 2.45) is 0 Å². The van der Waals surface area contributed by atoms with Gasteiger partial charge in [-0.3, -0.25) is 9.69 Å². The standard InChI is InChI=1S/C15H30N2O3/c1-4-5-12(2)16-15(19)13(3)17-8-6-14(7-9-17)20-11-10-18/h12-14,18H,4-11H2,1-3H3,(H,16,19). The summed E-state index contributed by atoms with van der Waals surface area (Å²) >= 11 is 0. The first-order valence-corrected chi connectivity index (χ1v) is 7.85. The largest absolute Gasteiger partial charge is 0.394 e. The van der Waals surface area contributed by atoms with Crippen molar-refractivity contribution >= 4 is 5.91 Å². The van der Waals surface area contributed by atoms with Crippen LogP contribution in [0.4, 0.5) is 0 Å². The van der Waals surface area contributed by atoms with Gasteiger partial charge in [-0.05, 0) is 33.1 Å². The first-order chi connectivity index (χ1) is 9.58. The van der Waals surface area contributed by atoms with Crippen LogP contribution in [0.2, 0.25) is 0 Å². The zero-order valence-electron chi connectivity index (χ0n) is 13.1. The number of ether oxygens (including phenoxy) is 1. The van der Waals surface area contributed by atoms with Gasteiger partial charge in [0.25, 0.3) is 0 Å². The molecule has 0 aromatic rings. The van der Waals surface area contributed by atoms with Crippen LogP contribution in [0.25, 0.3) is 0 Å². The minimum Gasteiger partial charge on any atom is -0.394 e. The highest BCUT2D eigenvalue weighted by molar-refractivity contribution is 5.81. The highest BCUT2D eigenvalue weighted by atomic mass is 16.5. The zero-order chi connectivity index (χ0) is 15.0. The molecule has 0 aromatic heterocycles. The Hall–Kier alpha value is -0.650. The van der Waals surface area contributed by atoms with Crippen molar-refractivity contribution in [3.05, 3.63) is 0 Å². The number of aliphatic hydroxyl groups is 1. The van der Waals surface area contributed by atoms with E-state index < -0.39 is 0 Å². The second-order valence-electron chi connectivity index (χ2n) is 5.70. The molecule has 1 fully saturated rings. The lowest BCUT2D eigenvalue weighted by Crippen LogP contribution is -2.50. The van der Waals surface area contributed by atoms with Gasteiger partial charge in [0, 0.05) is 19.1 Å². The SMILES string of the molecule is CCCC(C)NC(=O)C(C)N1CCC(OCCO)CC1. The Morgan fingerprint density at radius 2 is 2.05 bits per heavy atom. The molecule has 5 heteroatoms. The Balaban J connectivity index is 2.30. The third-order valence-electron chi connectivity index (χ3n) is 3.96. The first kappa shape index (κ1) is 17.4. The number of nitrogens with zero attached hydrogens (tertiary/aromatic N) is 1. The van der Waals surface area contributed by atoms with Crippen molar-refractivity contribution in [3.63, 3.8) is 0 Å². The number of likely N-dealkylation sites (tertiary alicyclic amines) is 1. The predicted octanol–water partition coefficient (Wildman–Crippen LogP) is 1.15. The van der Waals surface area contributed by atoms with Gasteiger partial charge in [-0.25, -0.2) is 0 Å². The summed E-state index contributed by atoms with van der Waals surface area (Å²) in [5.74, 6) is 0.126. The molecule has 1 heterocycles. The Morgan fingerprint density at radius 3 is 2.60 bits per heavy atom. The molecule has 0 spiro atoms. The summed E-state index contributed by atoms with van der Waals surface area (Å²) < 4.78 is 5.54. The maximum atomic E-state index is 12.2. The summed E-state index contributed by atoms with van der Waals surface area (Å²) in [6.07, 6.45) is 4.20. The van der Waals surface area contributed by atoms with Crippen LogP contribution in [0.1, 0.15) is 46.5 Å². The first-order valence-electron chi connectivity index (χ1n) is 7.85. The van der Waals surface area contributed by atoms with Crippen LogP contribution in [0, 0.1) is 0 Å². The summed E-state index contributed by atoms with van der Waals surface area (Å²) in [5.41, 5.74) is 0. The van der Waals surface area contributed by atoms with Gasteiger partial charge in [-0.1, -0.05) is 13.3 Å². The van der Waals surface area contributed by atoms with E-state index in [0.717, 1.165) is 38.8 Å². The topological polar surface area (TPSA) is 61.8 Å². The number of aliphatic hydroxyl groups excluding tert-OH is 1. The number of carbonyl (C=O) groups is 1. The fraction of sp³-hybridized carbons (Fsp3) is 0.933. The second-order valence-corrected chi connectivity index (χ2v) is 5.70. The molecule has 0 bridgehead atoms. The van der Waals surface area contributed by atoms with Gasteiger partial charge < -0.3 is 15.2 Å². The van der Waals surface area contributed by atoms with Crippen LogP contribution < -0.4 is 5.32 Å². The van der Waals surface area contributed by atoms with E-state index in [1.54, 1.807) is 0 Å². The molecule has 0 aromatic carbocycles. The summed E-state index contributed by atoms with van der Waals surface area (Å²) in [4.78, 5) is 14.4. The molecular formula is C15H30N2O3. The quantitative estimate of drug-likeness (QED) is 0.703. The van der Waals surface area contributed by atoms with E-state index >= 15 is 0 Å². The number of hydrogen-bond donors (Lipinski definition) is 2. The van der Waals surface area contributed by atoms with Crippen LogP contribution in [-0.2, 0) is 9.53 Å². The maximum Gasteiger partial charge on any atom is 0.237 e. The molecule has 118 valence electrons. The van der Waals surface area contributed by atoms with Crippen LogP contribution in [0.5, 0.6) is 0 Å². The Morgan fingerprint density at radius 1 is 1.40 bits per heavy atom. The van der Waals surface area contributed by atoms with E-state index in [1.165, 1.54) is 0 Å². The molecule has 0 saturated carbocycles. The van der Waals surface area contributed by atoms with Gasteiger partial charge in [-0.2, -0.15) is 0 Å². The molecule has 1 amide bonds. The lowest BCUT2D eigenvalue weighted by molar-refractivity contribution is -0.127. The maximum absolute atomic E-state index is 12.2. The summed E-state index contributed by atoms with van der Waals surface area (Å²) in [6.45, 7) is 8.42. The molecule has 1 rings (SSSR count). The van der Waals surface area contributed by atoms with Crippen molar-refractivity contribution in [2.75, 3.05) is 26.3 Å².